The van der Waals surface area contributed by atoms with Crippen molar-refractivity contribution in [2.45, 2.75) is 19.3 Å². The quantitative estimate of drug-likeness (QED) is 0.570. The zero-order valence-corrected chi connectivity index (χ0v) is 8.38. The highest BCUT2D eigenvalue weighted by molar-refractivity contribution is 9.10. The molecule has 0 saturated carbocycles. The van der Waals surface area contributed by atoms with E-state index in [9.17, 15) is 4.79 Å². The molecule has 0 unspecified atom stereocenters. The van der Waals surface area contributed by atoms with E-state index >= 15 is 0 Å². The van der Waals surface area contributed by atoms with Gasteiger partial charge in [-0.1, -0.05) is 28.1 Å². The fraction of sp³-hybridized carbons (Fsp3) is 0.300. The van der Waals surface area contributed by atoms with Crippen molar-refractivity contribution in [1.82, 2.24) is 0 Å². The highest BCUT2D eigenvalue weighted by Crippen LogP contribution is 2.11. The standard InChI is InChI=1S/C10H11BrO/c11-10-6-4-9(5-7-10)3-1-2-8-12/h4-8H,1-3H2. The Morgan fingerprint density at radius 3 is 2.50 bits per heavy atom. The number of carbonyl (C=O) groups excluding carboxylic acids is 1. The van der Waals surface area contributed by atoms with Crippen LogP contribution in [0.3, 0.4) is 0 Å². The van der Waals surface area contributed by atoms with Gasteiger partial charge in [0.2, 0.25) is 0 Å². The van der Waals surface area contributed by atoms with Crippen LogP contribution in [0.25, 0.3) is 0 Å². The van der Waals surface area contributed by atoms with Crippen LogP contribution in [-0.2, 0) is 11.2 Å². The van der Waals surface area contributed by atoms with Crippen LogP contribution in [0.15, 0.2) is 28.7 Å². The average molecular weight is 227 g/mol. The SMILES string of the molecule is O=CCCCc1ccc(Br)cc1. The Bertz CT molecular complexity index is 241. The molecule has 0 aromatic heterocycles. The lowest BCUT2D eigenvalue weighted by molar-refractivity contribution is -0.107. The summed E-state index contributed by atoms with van der Waals surface area (Å²) in [5.74, 6) is 0. The summed E-state index contributed by atoms with van der Waals surface area (Å²) >= 11 is 3.37. The second-order valence-corrected chi connectivity index (χ2v) is 3.60. The molecule has 0 N–H and O–H groups in total. The summed E-state index contributed by atoms with van der Waals surface area (Å²) in [4.78, 5) is 10.0. The molecule has 64 valence electrons. The highest BCUT2D eigenvalue weighted by atomic mass is 79.9. The maximum atomic E-state index is 10.0. The van der Waals surface area contributed by atoms with E-state index in [0.29, 0.717) is 6.42 Å². The molecule has 1 aromatic rings. The van der Waals surface area contributed by atoms with Crippen LogP contribution in [0.5, 0.6) is 0 Å². The van der Waals surface area contributed by atoms with Gasteiger partial charge in [-0.3, -0.25) is 0 Å². The molecule has 0 radical (unpaired) electrons. The molecule has 0 bridgehead atoms. The number of benzene rings is 1. The third kappa shape index (κ3) is 3.18. The Kier molecular flexibility index (Phi) is 4.01. The van der Waals surface area contributed by atoms with E-state index < -0.39 is 0 Å². The first-order valence-corrected chi connectivity index (χ1v) is 4.80. The molecule has 0 amide bonds. The molecule has 1 aromatic carbocycles. The smallest absolute Gasteiger partial charge is 0.120 e. The van der Waals surface area contributed by atoms with Crippen molar-refractivity contribution in [1.29, 1.82) is 0 Å². The number of halogens is 1. The predicted octanol–water partition coefficient (Wildman–Crippen LogP) is 2.97. The van der Waals surface area contributed by atoms with Crippen LogP contribution in [-0.4, -0.2) is 6.29 Å². The van der Waals surface area contributed by atoms with Gasteiger partial charge < -0.3 is 4.79 Å². The van der Waals surface area contributed by atoms with Gasteiger partial charge in [-0.25, -0.2) is 0 Å². The third-order valence-electron chi connectivity index (χ3n) is 1.70. The van der Waals surface area contributed by atoms with Crippen LogP contribution >= 0.6 is 15.9 Å². The van der Waals surface area contributed by atoms with Gasteiger partial charge in [-0.05, 0) is 30.5 Å². The first-order chi connectivity index (χ1) is 5.83. The number of hydrogen-bond donors (Lipinski definition) is 0. The number of rotatable bonds is 4. The zero-order valence-electron chi connectivity index (χ0n) is 6.79. The summed E-state index contributed by atoms with van der Waals surface area (Å²) in [7, 11) is 0. The summed E-state index contributed by atoms with van der Waals surface area (Å²) in [6.45, 7) is 0. The Labute approximate surface area is 80.9 Å². The Balaban J connectivity index is 2.42. The highest BCUT2D eigenvalue weighted by Gasteiger charge is 1.92. The minimum absolute atomic E-state index is 0.663. The van der Waals surface area contributed by atoms with Crippen molar-refractivity contribution in [2.75, 3.05) is 0 Å². The van der Waals surface area contributed by atoms with Crippen molar-refractivity contribution in [3.8, 4) is 0 Å². The minimum Gasteiger partial charge on any atom is -0.303 e. The summed E-state index contributed by atoms with van der Waals surface area (Å²) in [6.07, 6.45) is 3.58. The Morgan fingerprint density at radius 2 is 1.92 bits per heavy atom. The van der Waals surface area contributed by atoms with E-state index in [-0.39, 0.29) is 0 Å². The van der Waals surface area contributed by atoms with E-state index in [1.54, 1.807) is 0 Å². The van der Waals surface area contributed by atoms with Gasteiger partial charge in [-0.2, -0.15) is 0 Å². The molecular formula is C10H11BrO. The normalized spacial score (nSPS) is 9.75. The molecule has 1 nitrogen and oxygen atoms in total. The topological polar surface area (TPSA) is 17.1 Å². The fourth-order valence-corrected chi connectivity index (χ4v) is 1.30. The number of aryl methyl sites for hydroxylation is 1. The lowest BCUT2D eigenvalue weighted by Gasteiger charge is -1.98. The monoisotopic (exact) mass is 226 g/mol. The van der Waals surface area contributed by atoms with Crippen molar-refractivity contribution in [2.24, 2.45) is 0 Å². The largest absolute Gasteiger partial charge is 0.303 e. The fourth-order valence-electron chi connectivity index (χ4n) is 1.04. The Morgan fingerprint density at radius 1 is 1.25 bits per heavy atom. The molecule has 0 aliphatic heterocycles. The molecule has 0 heterocycles. The molecule has 0 spiro atoms. The minimum atomic E-state index is 0.663. The summed E-state index contributed by atoms with van der Waals surface area (Å²) in [5.41, 5.74) is 1.29. The third-order valence-corrected chi connectivity index (χ3v) is 2.23. The lowest BCUT2D eigenvalue weighted by Crippen LogP contribution is -1.85. The number of unbranched alkanes of at least 4 members (excludes halogenated alkanes) is 1. The maximum absolute atomic E-state index is 10.0. The average Bonchev–Trinajstić information content (AvgIpc) is 2.09. The molecule has 0 fully saturated rings. The van der Waals surface area contributed by atoms with Gasteiger partial charge in [0.05, 0.1) is 0 Å². The molecule has 12 heavy (non-hydrogen) atoms. The van der Waals surface area contributed by atoms with Crippen LogP contribution in [0, 0.1) is 0 Å². The summed E-state index contributed by atoms with van der Waals surface area (Å²) in [5, 5.41) is 0. The van der Waals surface area contributed by atoms with Crippen molar-refractivity contribution in [3.63, 3.8) is 0 Å². The molecular weight excluding hydrogens is 216 g/mol. The van der Waals surface area contributed by atoms with Gasteiger partial charge in [-0.15, -0.1) is 0 Å². The summed E-state index contributed by atoms with van der Waals surface area (Å²) < 4.78 is 1.10. The van der Waals surface area contributed by atoms with Crippen LogP contribution in [0.1, 0.15) is 18.4 Å². The number of carbonyl (C=O) groups is 1. The van der Waals surface area contributed by atoms with E-state index in [4.69, 9.17) is 0 Å². The van der Waals surface area contributed by atoms with Gasteiger partial charge >= 0.3 is 0 Å². The van der Waals surface area contributed by atoms with Crippen LogP contribution in [0.2, 0.25) is 0 Å². The van der Waals surface area contributed by atoms with E-state index in [2.05, 4.69) is 28.1 Å². The predicted molar refractivity (Wildman–Crippen MR) is 53.1 cm³/mol. The van der Waals surface area contributed by atoms with Crippen molar-refractivity contribution < 1.29 is 4.79 Å². The zero-order chi connectivity index (χ0) is 8.81. The van der Waals surface area contributed by atoms with Crippen LogP contribution < -0.4 is 0 Å². The molecule has 0 atom stereocenters. The van der Waals surface area contributed by atoms with E-state index in [1.165, 1.54) is 5.56 Å². The van der Waals surface area contributed by atoms with Gasteiger partial charge in [0.25, 0.3) is 0 Å². The first kappa shape index (κ1) is 9.46. The number of aldehydes is 1. The molecule has 0 aliphatic carbocycles. The van der Waals surface area contributed by atoms with Gasteiger partial charge in [0, 0.05) is 10.9 Å². The van der Waals surface area contributed by atoms with Crippen molar-refractivity contribution >= 4 is 22.2 Å². The Hall–Kier alpha value is -0.630. The van der Waals surface area contributed by atoms with Gasteiger partial charge in [0.15, 0.2) is 0 Å². The van der Waals surface area contributed by atoms with Crippen LogP contribution in [0.4, 0.5) is 0 Å². The molecule has 1 rings (SSSR count). The molecule has 0 saturated heterocycles. The van der Waals surface area contributed by atoms with E-state index in [0.717, 1.165) is 23.6 Å². The maximum Gasteiger partial charge on any atom is 0.120 e. The second-order valence-electron chi connectivity index (χ2n) is 2.69. The van der Waals surface area contributed by atoms with E-state index in [1.807, 2.05) is 12.1 Å². The molecule has 0 aliphatic rings. The lowest BCUT2D eigenvalue weighted by atomic mass is 10.1. The van der Waals surface area contributed by atoms with Gasteiger partial charge in [0.1, 0.15) is 6.29 Å². The van der Waals surface area contributed by atoms with Crippen molar-refractivity contribution in [3.05, 3.63) is 34.3 Å². The number of hydrogen-bond acceptors (Lipinski definition) is 1. The molecule has 2 heteroatoms. The first-order valence-electron chi connectivity index (χ1n) is 4.01. The summed E-state index contributed by atoms with van der Waals surface area (Å²) in [6, 6.07) is 8.20. The second kappa shape index (κ2) is 5.09.